The van der Waals surface area contributed by atoms with Gasteiger partial charge >= 0.3 is 5.97 Å². The first-order valence-corrected chi connectivity index (χ1v) is 15.1. The Kier molecular flexibility index (Phi) is 7.72. The van der Waals surface area contributed by atoms with Crippen molar-refractivity contribution in [1.29, 1.82) is 0 Å². The van der Waals surface area contributed by atoms with E-state index >= 15 is 0 Å². The smallest absolute Gasteiger partial charge is 0.354 e. The predicted octanol–water partition coefficient (Wildman–Crippen LogP) is 5.24. The minimum atomic E-state index is -2.20. The average Bonchev–Trinajstić information content (AvgIpc) is 2.99. The number of carboxylic acid groups (broad SMARTS) is 1. The van der Waals surface area contributed by atoms with Crippen LogP contribution in [0.15, 0.2) is 103 Å². The van der Waals surface area contributed by atoms with E-state index in [2.05, 4.69) is 94.5 Å². The zero-order valence-corrected chi connectivity index (χ0v) is 25.8. The van der Waals surface area contributed by atoms with Crippen molar-refractivity contribution < 1.29 is 30.0 Å². The van der Waals surface area contributed by atoms with Crippen LogP contribution in [0.2, 0.25) is 0 Å². The first kappa shape index (κ1) is 27.9. The molecule has 9 heteroatoms. The van der Waals surface area contributed by atoms with E-state index in [0.717, 1.165) is 22.6 Å². The van der Waals surface area contributed by atoms with Gasteiger partial charge in [-0.05, 0) is 52.7 Å². The number of carbonyl (C=O) groups is 1. The van der Waals surface area contributed by atoms with E-state index in [0.29, 0.717) is 0 Å². The fraction of sp³-hybridized carbons (Fsp3) is 0.0645. The minimum Gasteiger partial charge on any atom is -0.477 e. The Bertz CT molecular complexity index is 1690. The summed E-state index contributed by atoms with van der Waals surface area (Å²) < 4.78 is 0. The number of hydrogen-bond acceptors (Lipinski definition) is 6. The van der Waals surface area contributed by atoms with Crippen LogP contribution in [0, 0.1) is 6.07 Å². The van der Waals surface area contributed by atoms with E-state index < -0.39 is 12.0 Å². The van der Waals surface area contributed by atoms with Crippen molar-refractivity contribution in [2.75, 3.05) is 23.9 Å². The molecule has 1 unspecified atom stereocenters. The second-order valence-corrected chi connectivity index (χ2v) is 13.5. The van der Waals surface area contributed by atoms with Crippen molar-refractivity contribution in [3.63, 3.8) is 0 Å². The van der Waals surface area contributed by atoms with Gasteiger partial charge < -0.3 is 19.9 Å². The summed E-state index contributed by atoms with van der Waals surface area (Å²) in [6.07, 6.45) is 3.28. The molecule has 2 aliphatic rings. The number of benzene rings is 3. The molecule has 201 valence electrons. The van der Waals surface area contributed by atoms with Gasteiger partial charge in [0.1, 0.15) is 5.69 Å². The van der Waals surface area contributed by atoms with Gasteiger partial charge in [0.05, 0.1) is 0 Å². The van der Waals surface area contributed by atoms with Gasteiger partial charge in [-0.3, -0.25) is 0 Å². The molecule has 2 aliphatic heterocycles. The molecule has 0 amide bonds. The third-order valence-corrected chi connectivity index (χ3v) is 11.9. The van der Waals surface area contributed by atoms with Crippen LogP contribution in [0.3, 0.4) is 0 Å². The van der Waals surface area contributed by atoms with Gasteiger partial charge in [0.2, 0.25) is 0 Å². The number of aromatic nitrogens is 2. The third-order valence-electron chi connectivity index (χ3n) is 7.00. The van der Waals surface area contributed by atoms with Gasteiger partial charge in [-0.25, -0.2) is 9.78 Å². The van der Waals surface area contributed by atoms with Crippen molar-refractivity contribution in [3.05, 3.63) is 115 Å². The summed E-state index contributed by atoms with van der Waals surface area (Å²) in [6.45, 7) is 0. The van der Waals surface area contributed by atoms with E-state index in [1.807, 2.05) is 24.4 Å². The summed E-state index contributed by atoms with van der Waals surface area (Å²) in [7, 11) is 4.25. The SMILES string of the molecule is CN1c2[c-]c(-c3ccccn3)cc3c2P(=S)(c2ccccc21)c1ccccc1N3C.O=C(O)c1ccccn1.[Ir]. The zero-order chi connectivity index (χ0) is 27.1. The molecular weight excluding hydrogens is 716 g/mol. The second-order valence-electron chi connectivity index (χ2n) is 9.21. The molecule has 1 N–H and O–H groups in total. The Hall–Kier alpha value is -3.67. The third kappa shape index (κ3) is 4.47. The van der Waals surface area contributed by atoms with E-state index in [4.69, 9.17) is 16.9 Å². The molecule has 5 aromatic rings. The predicted molar refractivity (Wildman–Crippen MR) is 162 cm³/mol. The van der Waals surface area contributed by atoms with Crippen LogP contribution in [-0.4, -0.2) is 35.1 Å². The van der Waals surface area contributed by atoms with Crippen molar-refractivity contribution in [2.45, 2.75) is 0 Å². The van der Waals surface area contributed by atoms with E-state index in [9.17, 15) is 4.79 Å². The molecule has 0 spiro atoms. The Labute approximate surface area is 251 Å². The molecule has 0 saturated heterocycles. The van der Waals surface area contributed by atoms with Crippen molar-refractivity contribution in [2.24, 2.45) is 0 Å². The number of aromatic carboxylic acids is 1. The van der Waals surface area contributed by atoms with E-state index in [1.54, 1.807) is 12.1 Å². The number of para-hydroxylation sites is 2. The normalized spacial score (nSPS) is 15.8. The first-order valence-electron chi connectivity index (χ1n) is 12.3. The zero-order valence-electron chi connectivity index (χ0n) is 21.6. The van der Waals surface area contributed by atoms with Crippen molar-refractivity contribution in [3.8, 4) is 11.3 Å². The van der Waals surface area contributed by atoms with E-state index in [1.165, 1.54) is 39.6 Å². The standard InChI is InChI=1S/C25H19N3PS.C6H5NO2.Ir/c1-27-19-10-3-5-12-23(19)29(30)24-13-6-4-11-20(24)28(2)22-16-17(15-21(27)25(22)29)18-9-7-8-14-26-18;8-6(9)5-3-1-2-4-7-5;/h3-15H,1-2H3;1-4H,(H,8,9);/q-1;;. The van der Waals surface area contributed by atoms with Gasteiger partial charge in [0.25, 0.3) is 0 Å². The number of carboxylic acids is 1. The molecule has 7 rings (SSSR count). The second kappa shape index (κ2) is 11.1. The number of fused-ring (bicyclic) bond motifs is 4. The Morgan fingerprint density at radius 2 is 1.38 bits per heavy atom. The largest absolute Gasteiger partial charge is 0.477 e. The summed E-state index contributed by atoms with van der Waals surface area (Å²) in [5.74, 6) is -0.990. The van der Waals surface area contributed by atoms with Crippen LogP contribution in [-0.2, 0) is 31.9 Å². The molecule has 0 aliphatic carbocycles. The van der Waals surface area contributed by atoms with Gasteiger partial charge in [0.15, 0.2) is 0 Å². The number of rotatable bonds is 2. The van der Waals surface area contributed by atoms with Crippen LogP contribution in [0.5, 0.6) is 0 Å². The molecular formula is C31H24IrN4O2PS-. The van der Waals surface area contributed by atoms with E-state index in [-0.39, 0.29) is 25.8 Å². The fourth-order valence-corrected chi connectivity index (χ4v) is 10.1. The number of anilines is 4. The Balaban J connectivity index is 0.000000278. The molecule has 0 fully saturated rings. The summed E-state index contributed by atoms with van der Waals surface area (Å²) in [6, 6.07) is 31.6. The van der Waals surface area contributed by atoms with Crippen LogP contribution >= 0.6 is 6.04 Å². The topological polar surface area (TPSA) is 69.6 Å². The van der Waals surface area contributed by atoms with Crippen LogP contribution in [0.1, 0.15) is 10.5 Å². The maximum absolute atomic E-state index is 10.1. The van der Waals surface area contributed by atoms with Crippen molar-refractivity contribution >= 4 is 62.5 Å². The van der Waals surface area contributed by atoms with Gasteiger partial charge in [-0.1, -0.05) is 66.4 Å². The molecule has 3 aromatic carbocycles. The molecule has 0 saturated carbocycles. The van der Waals surface area contributed by atoms with Gasteiger partial charge in [-0.2, -0.15) is 0 Å². The first-order chi connectivity index (χ1) is 18.9. The molecule has 2 aromatic heterocycles. The van der Waals surface area contributed by atoms with Crippen LogP contribution in [0.4, 0.5) is 22.7 Å². The quantitative estimate of drug-likeness (QED) is 0.196. The summed E-state index contributed by atoms with van der Waals surface area (Å²) >= 11 is 6.65. The molecule has 1 radical (unpaired) electrons. The summed E-state index contributed by atoms with van der Waals surface area (Å²) in [4.78, 5) is 22.8. The summed E-state index contributed by atoms with van der Waals surface area (Å²) in [5, 5.41) is 12.1. The molecule has 40 heavy (non-hydrogen) atoms. The minimum absolute atomic E-state index is 0. The maximum atomic E-state index is 10.1. The monoisotopic (exact) mass is 740 g/mol. The van der Waals surface area contributed by atoms with Crippen molar-refractivity contribution in [1.82, 2.24) is 9.97 Å². The van der Waals surface area contributed by atoms with Crippen LogP contribution in [0.25, 0.3) is 11.3 Å². The Morgan fingerprint density at radius 3 is 1.93 bits per heavy atom. The maximum Gasteiger partial charge on any atom is 0.354 e. The molecule has 1 atom stereocenters. The van der Waals surface area contributed by atoms with Gasteiger partial charge in [0, 0.05) is 74.6 Å². The summed E-state index contributed by atoms with van der Waals surface area (Å²) in [5.41, 5.74) is 6.58. The fourth-order valence-electron chi connectivity index (χ4n) is 5.16. The molecule has 4 heterocycles. The Morgan fingerprint density at radius 1 is 0.800 bits per heavy atom. The average molecular weight is 740 g/mol. The molecule has 0 bridgehead atoms. The van der Waals surface area contributed by atoms with Gasteiger partial charge in [-0.15, -0.1) is 17.7 Å². The van der Waals surface area contributed by atoms with Crippen LogP contribution < -0.4 is 25.7 Å². The molecule has 6 nitrogen and oxygen atoms in total. The number of nitrogens with zero attached hydrogens (tertiary/aromatic N) is 4. The number of hydrogen-bond donors (Lipinski definition) is 1. The number of pyridine rings is 2.